The molecule has 0 unspecified atom stereocenters. The predicted octanol–water partition coefficient (Wildman–Crippen LogP) is 3.28. The van der Waals surface area contributed by atoms with Gasteiger partial charge in [0.15, 0.2) is 17.6 Å². The van der Waals surface area contributed by atoms with E-state index in [0.717, 1.165) is 11.6 Å². The normalized spacial score (nSPS) is 11.5. The largest absolute Gasteiger partial charge is 0.493 e. The summed E-state index contributed by atoms with van der Waals surface area (Å²) in [7, 11) is 1.38. The minimum absolute atomic E-state index is 0.0311. The van der Waals surface area contributed by atoms with E-state index in [0.29, 0.717) is 5.75 Å². The molecule has 0 aliphatic heterocycles. The number of hydrogen-bond donors (Lipinski definition) is 0. The number of esters is 1. The van der Waals surface area contributed by atoms with Gasteiger partial charge in [-0.15, -0.1) is 0 Å². The quantitative estimate of drug-likeness (QED) is 0.349. The van der Waals surface area contributed by atoms with Crippen molar-refractivity contribution in [2.45, 2.75) is 20.0 Å². The number of carbonyl (C=O) groups is 1. The van der Waals surface area contributed by atoms with Crippen LogP contribution in [0.4, 0.5) is 5.69 Å². The van der Waals surface area contributed by atoms with Crippen molar-refractivity contribution in [3.63, 3.8) is 0 Å². The second kappa shape index (κ2) is 7.45. The van der Waals surface area contributed by atoms with Crippen LogP contribution < -0.4 is 14.2 Å². The van der Waals surface area contributed by atoms with E-state index < -0.39 is 17.0 Å². The maximum atomic E-state index is 12.2. The van der Waals surface area contributed by atoms with Gasteiger partial charge in [0, 0.05) is 6.07 Å². The molecule has 0 amide bonds. The number of carbonyl (C=O) groups excluding carboxylic acids is 1. The number of hydrogen-bond acceptors (Lipinski definition) is 6. The molecule has 0 saturated carbocycles. The molecule has 0 saturated heterocycles. The van der Waals surface area contributed by atoms with E-state index in [1.807, 2.05) is 19.1 Å². The van der Waals surface area contributed by atoms with Crippen molar-refractivity contribution in [2.24, 2.45) is 0 Å². The number of nitro groups is 1. The van der Waals surface area contributed by atoms with Gasteiger partial charge in [0.1, 0.15) is 5.75 Å². The van der Waals surface area contributed by atoms with E-state index in [2.05, 4.69) is 0 Å². The molecule has 0 bridgehead atoms. The van der Waals surface area contributed by atoms with Crippen molar-refractivity contribution < 1.29 is 23.9 Å². The maximum absolute atomic E-state index is 12.2. The monoisotopic (exact) mass is 331 g/mol. The molecule has 0 radical (unpaired) electrons. The van der Waals surface area contributed by atoms with Crippen LogP contribution in [0.25, 0.3) is 0 Å². The standard InChI is InChI=1S/C17H17NO6/c1-11-5-4-6-14(9-11)23-12(2)17(19)24-16-10-13(18(20)21)7-8-15(16)22-3/h4-10,12H,1-3H3/t12-/m1/s1. The van der Waals surface area contributed by atoms with E-state index in [1.54, 1.807) is 12.1 Å². The van der Waals surface area contributed by atoms with Gasteiger partial charge < -0.3 is 14.2 Å². The zero-order valence-corrected chi connectivity index (χ0v) is 13.5. The predicted molar refractivity (Wildman–Crippen MR) is 86.6 cm³/mol. The van der Waals surface area contributed by atoms with E-state index in [9.17, 15) is 14.9 Å². The highest BCUT2D eigenvalue weighted by molar-refractivity contribution is 5.78. The van der Waals surface area contributed by atoms with Crippen LogP contribution in [-0.4, -0.2) is 24.1 Å². The first-order valence-electron chi connectivity index (χ1n) is 7.18. The molecule has 0 aromatic heterocycles. The third kappa shape index (κ3) is 4.22. The summed E-state index contributed by atoms with van der Waals surface area (Å²) in [6.45, 7) is 3.44. The third-order valence-electron chi connectivity index (χ3n) is 3.20. The smallest absolute Gasteiger partial charge is 0.352 e. The van der Waals surface area contributed by atoms with Gasteiger partial charge in [-0.3, -0.25) is 10.1 Å². The molecule has 0 N–H and O–H groups in total. The molecule has 0 aliphatic carbocycles. The summed E-state index contributed by atoms with van der Waals surface area (Å²) in [5.41, 5.74) is 0.791. The van der Waals surface area contributed by atoms with Crippen LogP contribution in [0.1, 0.15) is 12.5 Å². The SMILES string of the molecule is COc1ccc([N+](=O)[O-])cc1OC(=O)[C@@H](C)Oc1cccc(C)c1. The second-order valence-electron chi connectivity index (χ2n) is 5.09. The number of aryl methyl sites for hydroxylation is 1. The number of rotatable bonds is 6. The Bertz CT molecular complexity index is 758. The lowest BCUT2D eigenvalue weighted by Gasteiger charge is -2.15. The van der Waals surface area contributed by atoms with Crippen molar-refractivity contribution in [3.8, 4) is 17.2 Å². The van der Waals surface area contributed by atoms with Crippen LogP contribution in [-0.2, 0) is 4.79 Å². The van der Waals surface area contributed by atoms with Gasteiger partial charge in [0.05, 0.1) is 18.1 Å². The van der Waals surface area contributed by atoms with Gasteiger partial charge in [-0.2, -0.15) is 0 Å². The van der Waals surface area contributed by atoms with E-state index >= 15 is 0 Å². The van der Waals surface area contributed by atoms with Gasteiger partial charge in [-0.25, -0.2) is 4.79 Å². The first-order chi connectivity index (χ1) is 11.4. The van der Waals surface area contributed by atoms with Crippen LogP contribution >= 0.6 is 0 Å². The Balaban J connectivity index is 2.13. The van der Waals surface area contributed by atoms with Gasteiger partial charge in [-0.05, 0) is 37.6 Å². The zero-order valence-electron chi connectivity index (χ0n) is 13.5. The molecular weight excluding hydrogens is 314 g/mol. The van der Waals surface area contributed by atoms with Crippen LogP contribution in [0.2, 0.25) is 0 Å². The molecule has 0 aliphatic rings. The summed E-state index contributed by atoms with van der Waals surface area (Å²) in [6, 6.07) is 11.0. The fourth-order valence-electron chi connectivity index (χ4n) is 1.99. The molecule has 7 heteroatoms. The lowest BCUT2D eigenvalue weighted by molar-refractivity contribution is -0.384. The molecule has 2 aromatic carbocycles. The molecule has 2 rings (SSSR count). The van der Waals surface area contributed by atoms with E-state index in [4.69, 9.17) is 14.2 Å². The Labute approximate surface area is 138 Å². The van der Waals surface area contributed by atoms with E-state index in [-0.39, 0.29) is 17.2 Å². The summed E-state index contributed by atoms with van der Waals surface area (Å²) < 4.78 is 15.8. The topological polar surface area (TPSA) is 87.9 Å². The molecule has 0 heterocycles. The fourth-order valence-corrected chi connectivity index (χ4v) is 1.99. The van der Waals surface area contributed by atoms with E-state index in [1.165, 1.54) is 26.2 Å². The Morgan fingerprint density at radius 2 is 1.92 bits per heavy atom. The first-order valence-corrected chi connectivity index (χ1v) is 7.18. The fraction of sp³-hybridized carbons (Fsp3) is 0.235. The highest BCUT2D eigenvalue weighted by Gasteiger charge is 2.21. The van der Waals surface area contributed by atoms with Crippen molar-refractivity contribution in [3.05, 3.63) is 58.1 Å². The molecule has 2 aromatic rings. The summed E-state index contributed by atoms with van der Waals surface area (Å²) in [5.74, 6) is 0.0360. The lowest BCUT2D eigenvalue weighted by Crippen LogP contribution is -2.28. The zero-order chi connectivity index (χ0) is 17.7. The Kier molecular flexibility index (Phi) is 5.36. The Morgan fingerprint density at radius 1 is 1.17 bits per heavy atom. The van der Waals surface area contributed by atoms with Gasteiger partial charge in [-0.1, -0.05) is 12.1 Å². The molecule has 24 heavy (non-hydrogen) atoms. The number of methoxy groups -OCH3 is 1. The number of non-ortho nitro benzene ring substituents is 1. The number of benzene rings is 2. The summed E-state index contributed by atoms with van der Waals surface area (Å²) in [6.07, 6.45) is -0.893. The molecule has 0 fully saturated rings. The van der Waals surface area contributed by atoms with Gasteiger partial charge >= 0.3 is 5.97 Å². The Morgan fingerprint density at radius 3 is 2.54 bits per heavy atom. The third-order valence-corrected chi connectivity index (χ3v) is 3.20. The van der Waals surface area contributed by atoms with Crippen LogP contribution in [0.3, 0.4) is 0 Å². The second-order valence-corrected chi connectivity index (χ2v) is 5.09. The molecule has 126 valence electrons. The van der Waals surface area contributed by atoms with Crippen molar-refractivity contribution in [1.82, 2.24) is 0 Å². The molecule has 0 spiro atoms. The first kappa shape index (κ1) is 17.3. The molecular formula is C17H17NO6. The minimum Gasteiger partial charge on any atom is -0.493 e. The molecule has 1 atom stereocenters. The average Bonchev–Trinajstić information content (AvgIpc) is 2.54. The minimum atomic E-state index is -0.893. The highest BCUT2D eigenvalue weighted by Crippen LogP contribution is 2.31. The lowest BCUT2D eigenvalue weighted by atomic mass is 10.2. The van der Waals surface area contributed by atoms with Crippen LogP contribution in [0.15, 0.2) is 42.5 Å². The van der Waals surface area contributed by atoms with Crippen LogP contribution in [0, 0.1) is 17.0 Å². The molecule has 7 nitrogen and oxygen atoms in total. The van der Waals surface area contributed by atoms with Crippen molar-refractivity contribution in [1.29, 1.82) is 0 Å². The summed E-state index contributed by atoms with van der Waals surface area (Å²) in [5, 5.41) is 10.8. The van der Waals surface area contributed by atoms with Gasteiger partial charge in [0.2, 0.25) is 0 Å². The number of nitro benzene ring substituents is 1. The van der Waals surface area contributed by atoms with Gasteiger partial charge in [0.25, 0.3) is 5.69 Å². The van der Waals surface area contributed by atoms with Crippen molar-refractivity contribution >= 4 is 11.7 Å². The maximum Gasteiger partial charge on any atom is 0.352 e. The summed E-state index contributed by atoms with van der Waals surface area (Å²) >= 11 is 0. The van der Waals surface area contributed by atoms with Crippen LogP contribution in [0.5, 0.6) is 17.2 Å². The summed E-state index contributed by atoms with van der Waals surface area (Å²) in [4.78, 5) is 22.4. The van der Waals surface area contributed by atoms with Crippen molar-refractivity contribution in [2.75, 3.05) is 7.11 Å². The highest BCUT2D eigenvalue weighted by atomic mass is 16.6. The number of nitrogens with zero attached hydrogens (tertiary/aromatic N) is 1. The average molecular weight is 331 g/mol. The Hall–Kier alpha value is -3.09. The number of ether oxygens (including phenoxy) is 3.